The molecular weight excluding hydrogens is 182 g/mol. The second-order valence-electron chi connectivity index (χ2n) is 5.01. The van der Waals surface area contributed by atoms with Crippen LogP contribution in [0.4, 0.5) is 0 Å². The van der Waals surface area contributed by atoms with E-state index in [1.54, 1.807) is 11.1 Å². The number of hydrogen-bond acceptors (Lipinski definition) is 1. The van der Waals surface area contributed by atoms with Gasteiger partial charge in [0.15, 0.2) is 0 Å². The first kappa shape index (κ1) is 10.7. The van der Waals surface area contributed by atoms with E-state index >= 15 is 0 Å². The molecule has 82 valence electrons. The minimum absolute atomic E-state index is 0.682. The van der Waals surface area contributed by atoms with Gasteiger partial charge in [-0.2, -0.15) is 0 Å². The molecule has 0 saturated heterocycles. The minimum Gasteiger partial charge on any atom is -0.313 e. The van der Waals surface area contributed by atoms with Crippen molar-refractivity contribution >= 4 is 0 Å². The van der Waals surface area contributed by atoms with Gasteiger partial charge in [0.2, 0.25) is 0 Å². The molecule has 15 heavy (non-hydrogen) atoms. The molecular formula is C14H21N. The smallest absolute Gasteiger partial charge is 0.0148 e. The molecule has 0 aromatic heterocycles. The quantitative estimate of drug-likeness (QED) is 0.793. The van der Waals surface area contributed by atoms with Gasteiger partial charge in [0.25, 0.3) is 0 Å². The maximum Gasteiger partial charge on any atom is 0.0148 e. The molecule has 1 aromatic rings. The fraction of sp³-hybridized carbons (Fsp3) is 0.571. The molecule has 1 aromatic carbocycles. The molecule has 2 rings (SSSR count). The van der Waals surface area contributed by atoms with Crippen molar-refractivity contribution in [2.24, 2.45) is 5.92 Å². The van der Waals surface area contributed by atoms with Crippen molar-refractivity contribution in [1.82, 2.24) is 5.32 Å². The van der Waals surface area contributed by atoms with Crippen molar-refractivity contribution in [2.75, 3.05) is 6.54 Å². The van der Waals surface area contributed by atoms with Gasteiger partial charge in [0.05, 0.1) is 0 Å². The minimum atomic E-state index is 0.682. The fourth-order valence-corrected chi connectivity index (χ4v) is 2.28. The van der Waals surface area contributed by atoms with E-state index in [4.69, 9.17) is 0 Å². The number of hydrogen-bond donors (Lipinski definition) is 1. The van der Waals surface area contributed by atoms with Gasteiger partial charge in [-0.3, -0.25) is 0 Å². The van der Waals surface area contributed by atoms with Gasteiger partial charge in [-0.05, 0) is 42.9 Å². The first-order valence-electron chi connectivity index (χ1n) is 6.06. The largest absolute Gasteiger partial charge is 0.313 e. The van der Waals surface area contributed by atoms with Crippen molar-refractivity contribution in [3.63, 3.8) is 0 Å². The van der Waals surface area contributed by atoms with E-state index in [0.29, 0.717) is 6.04 Å². The molecule has 0 amide bonds. The van der Waals surface area contributed by atoms with E-state index in [1.807, 2.05) is 0 Å². The highest BCUT2D eigenvalue weighted by Crippen LogP contribution is 2.21. The van der Waals surface area contributed by atoms with Crippen LogP contribution in [-0.4, -0.2) is 12.6 Å². The monoisotopic (exact) mass is 203 g/mol. The summed E-state index contributed by atoms with van der Waals surface area (Å²) in [6, 6.07) is 9.50. The second-order valence-corrected chi connectivity index (χ2v) is 5.01. The second kappa shape index (κ2) is 4.80. The summed E-state index contributed by atoms with van der Waals surface area (Å²) in [5.41, 5.74) is 3.08. The molecule has 0 spiro atoms. The van der Waals surface area contributed by atoms with Crippen molar-refractivity contribution in [1.29, 1.82) is 0 Å². The van der Waals surface area contributed by atoms with Crippen LogP contribution in [0.15, 0.2) is 24.3 Å². The standard InChI is InChI=1S/C14H21N/c1-11(2)7-8-15-14-9-12-5-3-4-6-13(12)10-14/h3-6,11,14-15H,7-10H2,1-2H3. The van der Waals surface area contributed by atoms with Crippen LogP contribution >= 0.6 is 0 Å². The third kappa shape index (κ3) is 2.82. The summed E-state index contributed by atoms with van der Waals surface area (Å²) in [4.78, 5) is 0. The summed E-state index contributed by atoms with van der Waals surface area (Å²) in [6.07, 6.45) is 3.72. The van der Waals surface area contributed by atoms with Crippen LogP contribution in [0.3, 0.4) is 0 Å². The number of fused-ring (bicyclic) bond motifs is 1. The Balaban J connectivity index is 1.80. The van der Waals surface area contributed by atoms with Crippen LogP contribution in [0, 0.1) is 5.92 Å². The van der Waals surface area contributed by atoms with Gasteiger partial charge in [-0.25, -0.2) is 0 Å². The van der Waals surface area contributed by atoms with Gasteiger partial charge >= 0.3 is 0 Å². The molecule has 0 saturated carbocycles. The highest BCUT2D eigenvalue weighted by atomic mass is 14.9. The van der Waals surface area contributed by atoms with E-state index in [2.05, 4.69) is 43.4 Å². The average Bonchev–Trinajstić information content (AvgIpc) is 2.59. The summed E-state index contributed by atoms with van der Waals surface area (Å²) in [6.45, 7) is 5.73. The molecule has 1 N–H and O–H groups in total. The molecule has 1 heteroatoms. The highest BCUT2D eigenvalue weighted by molar-refractivity contribution is 5.33. The van der Waals surface area contributed by atoms with E-state index in [9.17, 15) is 0 Å². The lowest BCUT2D eigenvalue weighted by atomic mass is 10.1. The molecule has 0 heterocycles. The third-order valence-corrected chi connectivity index (χ3v) is 3.21. The van der Waals surface area contributed by atoms with Crippen LogP contribution < -0.4 is 5.32 Å². The van der Waals surface area contributed by atoms with Gasteiger partial charge in [-0.1, -0.05) is 38.1 Å². The Bertz CT molecular complexity index is 292. The Hall–Kier alpha value is -0.820. The van der Waals surface area contributed by atoms with E-state index < -0.39 is 0 Å². The van der Waals surface area contributed by atoms with Crippen LogP contribution in [0.25, 0.3) is 0 Å². The summed E-state index contributed by atoms with van der Waals surface area (Å²) in [5.74, 6) is 0.807. The normalized spacial score (nSPS) is 15.9. The number of benzene rings is 1. The lowest BCUT2D eigenvalue weighted by Gasteiger charge is -2.12. The molecule has 1 nitrogen and oxygen atoms in total. The average molecular weight is 203 g/mol. The summed E-state index contributed by atoms with van der Waals surface area (Å²) in [5, 5.41) is 3.66. The Morgan fingerprint density at radius 3 is 2.33 bits per heavy atom. The zero-order valence-electron chi connectivity index (χ0n) is 9.79. The first-order valence-corrected chi connectivity index (χ1v) is 6.06. The maximum absolute atomic E-state index is 3.66. The van der Waals surface area contributed by atoms with Gasteiger partial charge in [0.1, 0.15) is 0 Å². The third-order valence-electron chi connectivity index (χ3n) is 3.21. The van der Waals surface area contributed by atoms with Crippen molar-refractivity contribution in [2.45, 2.75) is 39.2 Å². The molecule has 0 radical (unpaired) electrons. The van der Waals surface area contributed by atoms with E-state index in [0.717, 1.165) is 12.5 Å². The van der Waals surface area contributed by atoms with Crippen molar-refractivity contribution < 1.29 is 0 Å². The van der Waals surface area contributed by atoms with Gasteiger partial charge in [0, 0.05) is 6.04 Å². The fourth-order valence-electron chi connectivity index (χ4n) is 2.28. The lowest BCUT2D eigenvalue weighted by molar-refractivity contribution is 0.478. The van der Waals surface area contributed by atoms with Crippen LogP contribution in [0.1, 0.15) is 31.4 Å². The molecule has 0 unspecified atom stereocenters. The molecule has 1 aliphatic rings. The Morgan fingerprint density at radius 2 is 1.80 bits per heavy atom. The van der Waals surface area contributed by atoms with Crippen LogP contribution in [0.2, 0.25) is 0 Å². The van der Waals surface area contributed by atoms with Crippen LogP contribution in [0.5, 0.6) is 0 Å². The summed E-state index contributed by atoms with van der Waals surface area (Å²) in [7, 11) is 0. The summed E-state index contributed by atoms with van der Waals surface area (Å²) >= 11 is 0. The zero-order chi connectivity index (χ0) is 10.7. The topological polar surface area (TPSA) is 12.0 Å². The molecule has 1 aliphatic carbocycles. The summed E-state index contributed by atoms with van der Waals surface area (Å²) < 4.78 is 0. The molecule has 0 aliphatic heterocycles. The van der Waals surface area contributed by atoms with E-state index in [1.165, 1.54) is 19.3 Å². The number of nitrogens with one attached hydrogen (secondary N) is 1. The van der Waals surface area contributed by atoms with E-state index in [-0.39, 0.29) is 0 Å². The first-order chi connectivity index (χ1) is 7.25. The maximum atomic E-state index is 3.66. The van der Waals surface area contributed by atoms with Crippen LogP contribution in [-0.2, 0) is 12.8 Å². The Kier molecular flexibility index (Phi) is 3.42. The Labute approximate surface area is 92.9 Å². The molecule has 0 fully saturated rings. The predicted molar refractivity (Wildman–Crippen MR) is 65.1 cm³/mol. The number of rotatable bonds is 4. The lowest BCUT2D eigenvalue weighted by Crippen LogP contribution is -2.30. The molecule has 0 bridgehead atoms. The SMILES string of the molecule is CC(C)CCNC1Cc2ccccc2C1. The Morgan fingerprint density at radius 1 is 1.20 bits per heavy atom. The predicted octanol–water partition coefficient (Wildman–Crippen LogP) is 2.79. The zero-order valence-corrected chi connectivity index (χ0v) is 9.79. The van der Waals surface area contributed by atoms with Gasteiger partial charge < -0.3 is 5.32 Å². The molecule has 0 atom stereocenters. The highest BCUT2D eigenvalue weighted by Gasteiger charge is 2.19. The van der Waals surface area contributed by atoms with Crippen molar-refractivity contribution in [3.8, 4) is 0 Å². The van der Waals surface area contributed by atoms with Gasteiger partial charge in [-0.15, -0.1) is 0 Å². The van der Waals surface area contributed by atoms with Crippen molar-refractivity contribution in [3.05, 3.63) is 35.4 Å².